The van der Waals surface area contributed by atoms with E-state index in [1.165, 1.54) is 11.1 Å². The summed E-state index contributed by atoms with van der Waals surface area (Å²) >= 11 is 1.88. The third-order valence-electron chi connectivity index (χ3n) is 5.80. The number of thioether (sulfide) groups is 1. The number of fused-ring (bicyclic) bond motifs is 2. The number of hydrogen-bond donors (Lipinski definition) is 0. The Bertz CT molecular complexity index is 1090. The topological polar surface area (TPSA) is 51.0 Å². The molecule has 0 aliphatic carbocycles. The first kappa shape index (κ1) is 17.7. The van der Waals surface area contributed by atoms with Gasteiger partial charge in [0, 0.05) is 47.6 Å². The molecule has 1 aromatic carbocycles. The van der Waals surface area contributed by atoms with E-state index in [9.17, 15) is 4.79 Å². The highest BCUT2D eigenvalue weighted by Gasteiger charge is 2.28. The van der Waals surface area contributed by atoms with Crippen LogP contribution in [0.3, 0.4) is 0 Å². The molecule has 0 amide bonds. The van der Waals surface area contributed by atoms with Gasteiger partial charge in [-0.15, -0.1) is 0 Å². The molecule has 1 fully saturated rings. The molecule has 1 atom stereocenters. The number of para-hydroxylation sites is 1. The van der Waals surface area contributed by atoms with Crippen molar-refractivity contribution in [3.05, 3.63) is 63.7 Å². The predicted octanol–water partition coefficient (Wildman–Crippen LogP) is 3.56. The molecule has 4 heterocycles. The molecular weight excluding hydrogens is 368 g/mol. The Morgan fingerprint density at radius 3 is 3.07 bits per heavy atom. The average Bonchev–Trinajstić information content (AvgIpc) is 3.16. The van der Waals surface area contributed by atoms with E-state index in [0.717, 1.165) is 59.8 Å². The lowest BCUT2D eigenvalue weighted by Crippen LogP contribution is -2.38. The predicted molar refractivity (Wildman–Crippen MR) is 115 cm³/mol. The molecule has 6 heteroatoms. The second-order valence-electron chi connectivity index (χ2n) is 7.73. The molecule has 5 nitrogen and oxygen atoms in total. The molecule has 2 aromatic heterocycles. The number of rotatable bonds is 3. The number of anilines is 1. The van der Waals surface area contributed by atoms with E-state index in [1.807, 2.05) is 17.8 Å². The Hall–Kier alpha value is -2.34. The zero-order valence-corrected chi connectivity index (χ0v) is 16.9. The largest absolute Gasteiger partial charge is 0.366 e. The minimum Gasteiger partial charge on any atom is -0.366 e. The Labute approximate surface area is 168 Å². The van der Waals surface area contributed by atoms with Gasteiger partial charge in [-0.2, -0.15) is 16.9 Å². The van der Waals surface area contributed by atoms with Crippen molar-refractivity contribution in [3.63, 3.8) is 0 Å². The van der Waals surface area contributed by atoms with Crippen LogP contribution in [0.1, 0.15) is 29.8 Å². The molecule has 2 aliphatic rings. The van der Waals surface area contributed by atoms with Crippen molar-refractivity contribution < 1.29 is 0 Å². The highest BCUT2D eigenvalue weighted by atomic mass is 32.2. The molecular formula is C22H24N4OS. The minimum absolute atomic E-state index is 0.0314. The molecule has 0 radical (unpaired) electrons. The standard InChI is InChI=1S/C22H24N4OS/c1-15-11-21(18-6-2-3-7-20(18)23-15)25-9-4-5-17(25)13-26-22(27)12-16-14-28-10-8-19(16)24-26/h2-3,6-7,11-12,17H,4-5,8-10,13-14H2,1H3. The van der Waals surface area contributed by atoms with Crippen LogP contribution in [0.4, 0.5) is 5.69 Å². The number of nitrogens with zero attached hydrogens (tertiary/aromatic N) is 4. The molecule has 28 heavy (non-hydrogen) atoms. The summed E-state index contributed by atoms with van der Waals surface area (Å²) in [6.45, 7) is 3.71. The average molecular weight is 393 g/mol. The second kappa shape index (κ2) is 7.24. The van der Waals surface area contributed by atoms with Crippen LogP contribution >= 0.6 is 11.8 Å². The highest BCUT2D eigenvalue weighted by Crippen LogP contribution is 2.32. The zero-order valence-electron chi connectivity index (χ0n) is 16.1. The van der Waals surface area contributed by atoms with Crippen LogP contribution in [0.15, 0.2) is 41.2 Å². The Morgan fingerprint density at radius 1 is 1.25 bits per heavy atom. The van der Waals surface area contributed by atoms with Crippen LogP contribution in [0.2, 0.25) is 0 Å². The van der Waals surface area contributed by atoms with Crippen molar-refractivity contribution in [2.75, 3.05) is 17.2 Å². The monoisotopic (exact) mass is 392 g/mol. The van der Waals surface area contributed by atoms with Crippen LogP contribution in [0, 0.1) is 6.92 Å². The Morgan fingerprint density at radius 2 is 2.14 bits per heavy atom. The molecule has 0 bridgehead atoms. The Kier molecular flexibility index (Phi) is 4.59. The van der Waals surface area contributed by atoms with Gasteiger partial charge in [-0.05, 0) is 43.2 Å². The molecule has 3 aromatic rings. The van der Waals surface area contributed by atoms with Gasteiger partial charge in [0.05, 0.1) is 17.8 Å². The van der Waals surface area contributed by atoms with E-state index in [-0.39, 0.29) is 11.6 Å². The number of aryl methyl sites for hydroxylation is 2. The Balaban J connectivity index is 1.50. The summed E-state index contributed by atoms with van der Waals surface area (Å²) in [5, 5.41) is 5.92. The number of hydrogen-bond acceptors (Lipinski definition) is 5. The summed E-state index contributed by atoms with van der Waals surface area (Å²) in [5.74, 6) is 2.01. The van der Waals surface area contributed by atoms with Crippen LogP contribution in [-0.2, 0) is 18.7 Å². The van der Waals surface area contributed by atoms with Gasteiger partial charge in [-0.1, -0.05) is 18.2 Å². The summed E-state index contributed by atoms with van der Waals surface area (Å²) in [6.07, 6.45) is 3.18. The van der Waals surface area contributed by atoms with Gasteiger partial charge < -0.3 is 4.90 Å². The van der Waals surface area contributed by atoms with Crippen LogP contribution in [0.25, 0.3) is 10.9 Å². The van der Waals surface area contributed by atoms with E-state index in [0.29, 0.717) is 6.54 Å². The van der Waals surface area contributed by atoms with Crippen molar-refractivity contribution in [1.29, 1.82) is 0 Å². The molecule has 0 saturated carbocycles. The molecule has 1 unspecified atom stereocenters. The van der Waals surface area contributed by atoms with Gasteiger partial charge in [-0.3, -0.25) is 9.78 Å². The fraction of sp³-hybridized carbons (Fsp3) is 0.409. The first-order valence-electron chi connectivity index (χ1n) is 10.00. The fourth-order valence-corrected chi connectivity index (χ4v) is 5.40. The molecule has 0 N–H and O–H groups in total. The second-order valence-corrected chi connectivity index (χ2v) is 8.83. The third kappa shape index (κ3) is 3.20. The van der Waals surface area contributed by atoms with Crippen LogP contribution in [0.5, 0.6) is 0 Å². The first-order valence-corrected chi connectivity index (χ1v) is 11.2. The molecule has 5 rings (SSSR count). The lowest BCUT2D eigenvalue weighted by Gasteiger charge is -2.28. The van der Waals surface area contributed by atoms with E-state index < -0.39 is 0 Å². The van der Waals surface area contributed by atoms with E-state index >= 15 is 0 Å². The van der Waals surface area contributed by atoms with Crippen molar-refractivity contribution in [2.24, 2.45) is 0 Å². The molecule has 144 valence electrons. The van der Waals surface area contributed by atoms with E-state index in [1.54, 1.807) is 10.7 Å². The number of benzene rings is 1. The van der Waals surface area contributed by atoms with Gasteiger partial charge in [0.25, 0.3) is 5.56 Å². The maximum absolute atomic E-state index is 12.7. The van der Waals surface area contributed by atoms with Crippen molar-refractivity contribution in [1.82, 2.24) is 14.8 Å². The van der Waals surface area contributed by atoms with Crippen molar-refractivity contribution in [2.45, 2.75) is 44.5 Å². The van der Waals surface area contributed by atoms with Gasteiger partial charge >= 0.3 is 0 Å². The van der Waals surface area contributed by atoms with E-state index in [4.69, 9.17) is 5.10 Å². The third-order valence-corrected chi connectivity index (χ3v) is 6.81. The van der Waals surface area contributed by atoms with Gasteiger partial charge in [0.15, 0.2) is 0 Å². The van der Waals surface area contributed by atoms with Crippen molar-refractivity contribution in [3.8, 4) is 0 Å². The summed E-state index contributed by atoms with van der Waals surface area (Å²) in [6, 6.07) is 12.6. The number of aromatic nitrogens is 3. The smallest absolute Gasteiger partial charge is 0.267 e. The van der Waals surface area contributed by atoms with E-state index in [2.05, 4.69) is 41.1 Å². The van der Waals surface area contributed by atoms with Gasteiger partial charge in [0.1, 0.15) is 0 Å². The van der Waals surface area contributed by atoms with Gasteiger partial charge in [-0.25, -0.2) is 4.68 Å². The molecule has 1 saturated heterocycles. The first-order chi connectivity index (χ1) is 13.7. The van der Waals surface area contributed by atoms with Crippen LogP contribution in [-0.4, -0.2) is 33.1 Å². The molecule has 2 aliphatic heterocycles. The molecule has 0 spiro atoms. The van der Waals surface area contributed by atoms with Crippen molar-refractivity contribution >= 4 is 28.4 Å². The normalized spacial score (nSPS) is 19.2. The summed E-state index contributed by atoms with van der Waals surface area (Å²) in [5.41, 5.74) is 5.55. The summed E-state index contributed by atoms with van der Waals surface area (Å²) in [4.78, 5) is 19.8. The summed E-state index contributed by atoms with van der Waals surface area (Å²) < 4.78 is 1.70. The fourth-order valence-electron chi connectivity index (χ4n) is 4.45. The number of pyridine rings is 1. The van der Waals surface area contributed by atoms with Crippen LogP contribution < -0.4 is 10.5 Å². The van der Waals surface area contributed by atoms with Gasteiger partial charge in [0.2, 0.25) is 0 Å². The quantitative estimate of drug-likeness (QED) is 0.682. The zero-order chi connectivity index (χ0) is 19.1. The SMILES string of the molecule is Cc1cc(N2CCCC2Cn2nc3c(cc2=O)CSCC3)c2ccccc2n1. The minimum atomic E-state index is 0.0314. The summed E-state index contributed by atoms with van der Waals surface area (Å²) in [7, 11) is 0. The maximum Gasteiger partial charge on any atom is 0.267 e. The maximum atomic E-state index is 12.7. The highest BCUT2D eigenvalue weighted by molar-refractivity contribution is 7.98. The lowest BCUT2D eigenvalue weighted by molar-refractivity contribution is 0.481. The lowest BCUT2D eigenvalue weighted by atomic mass is 10.1.